The van der Waals surface area contributed by atoms with E-state index in [1.807, 2.05) is 12.1 Å². The molecule has 1 aromatic carbocycles. The fourth-order valence-corrected chi connectivity index (χ4v) is 1.35. The van der Waals surface area contributed by atoms with E-state index in [0.29, 0.717) is 4.99 Å². The van der Waals surface area contributed by atoms with E-state index in [1.165, 1.54) is 7.11 Å². The third-order valence-electron chi connectivity index (χ3n) is 2.11. The SMILES string of the molecule is COC(=O)C(C)Nc1ccc(C(N)=S)cc1. The van der Waals surface area contributed by atoms with E-state index >= 15 is 0 Å². The van der Waals surface area contributed by atoms with E-state index in [2.05, 4.69) is 10.1 Å². The van der Waals surface area contributed by atoms with Crippen LogP contribution in [0.25, 0.3) is 0 Å². The first-order chi connectivity index (χ1) is 7.54. The summed E-state index contributed by atoms with van der Waals surface area (Å²) in [5, 5.41) is 3.00. The number of esters is 1. The predicted octanol–water partition coefficient (Wildman–Crippen LogP) is 1.29. The first kappa shape index (κ1) is 12.4. The second-order valence-corrected chi connectivity index (χ2v) is 3.77. The summed E-state index contributed by atoms with van der Waals surface area (Å²) in [7, 11) is 1.36. The molecule has 1 rings (SSSR count). The number of anilines is 1. The molecule has 16 heavy (non-hydrogen) atoms. The Bertz CT molecular complexity index is 389. The van der Waals surface area contributed by atoms with Crippen molar-refractivity contribution in [2.75, 3.05) is 12.4 Å². The molecular formula is C11H14N2O2S. The molecule has 0 aromatic heterocycles. The van der Waals surface area contributed by atoms with Crippen molar-refractivity contribution in [3.63, 3.8) is 0 Å². The third-order valence-corrected chi connectivity index (χ3v) is 2.34. The van der Waals surface area contributed by atoms with Crippen molar-refractivity contribution in [1.82, 2.24) is 0 Å². The van der Waals surface area contributed by atoms with Gasteiger partial charge in [-0.2, -0.15) is 0 Å². The number of carbonyl (C=O) groups is 1. The molecule has 0 saturated heterocycles. The summed E-state index contributed by atoms with van der Waals surface area (Å²) in [5.41, 5.74) is 7.09. The van der Waals surface area contributed by atoms with Crippen LogP contribution < -0.4 is 11.1 Å². The van der Waals surface area contributed by atoms with Crippen molar-refractivity contribution in [1.29, 1.82) is 0 Å². The number of benzene rings is 1. The topological polar surface area (TPSA) is 64.3 Å². The smallest absolute Gasteiger partial charge is 0.327 e. The molecule has 4 nitrogen and oxygen atoms in total. The largest absolute Gasteiger partial charge is 0.467 e. The Balaban J connectivity index is 2.68. The van der Waals surface area contributed by atoms with Crippen LogP contribution in [0, 0.1) is 0 Å². The first-order valence-corrected chi connectivity index (χ1v) is 5.19. The Morgan fingerprint density at radius 2 is 2.00 bits per heavy atom. The maximum atomic E-state index is 11.2. The van der Waals surface area contributed by atoms with Crippen molar-refractivity contribution in [2.24, 2.45) is 5.73 Å². The summed E-state index contributed by atoms with van der Waals surface area (Å²) < 4.78 is 4.60. The Morgan fingerprint density at radius 3 is 2.44 bits per heavy atom. The van der Waals surface area contributed by atoms with E-state index in [1.54, 1.807) is 19.1 Å². The molecule has 0 aliphatic heterocycles. The quantitative estimate of drug-likeness (QED) is 0.611. The van der Waals surface area contributed by atoms with Crippen LogP contribution >= 0.6 is 12.2 Å². The molecule has 0 heterocycles. The monoisotopic (exact) mass is 238 g/mol. The molecule has 0 radical (unpaired) electrons. The standard InChI is InChI=1S/C11H14N2O2S/c1-7(11(14)15-2)13-9-5-3-8(4-6-9)10(12)16/h3-7,13H,1-2H3,(H2,12,16). The van der Waals surface area contributed by atoms with Gasteiger partial charge >= 0.3 is 5.97 Å². The van der Waals surface area contributed by atoms with Crippen LogP contribution in [0.3, 0.4) is 0 Å². The van der Waals surface area contributed by atoms with E-state index in [0.717, 1.165) is 11.3 Å². The van der Waals surface area contributed by atoms with Gasteiger partial charge in [-0.3, -0.25) is 0 Å². The second-order valence-electron chi connectivity index (χ2n) is 3.33. The Morgan fingerprint density at radius 1 is 1.44 bits per heavy atom. The molecule has 0 bridgehead atoms. The van der Waals surface area contributed by atoms with Crippen LogP contribution in [0.4, 0.5) is 5.69 Å². The van der Waals surface area contributed by atoms with Gasteiger partial charge in [0.1, 0.15) is 11.0 Å². The minimum atomic E-state index is -0.388. The van der Waals surface area contributed by atoms with Crippen LogP contribution in [0.5, 0.6) is 0 Å². The highest BCUT2D eigenvalue weighted by molar-refractivity contribution is 7.80. The fourth-order valence-electron chi connectivity index (χ4n) is 1.22. The molecule has 1 atom stereocenters. The lowest BCUT2D eigenvalue weighted by atomic mass is 10.2. The van der Waals surface area contributed by atoms with Crippen LogP contribution in [-0.4, -0.2) is 24.1 Å². The van der Waals surface area contributed by atoms with Gasteiger partial charge in [-0.15, -0.1) is 0 Å². The number of thiocarbonyl (C=S) groups is 1. The maximum Gasteiger partial charge on any atom is 0.327 e. The average Bonchev–Trinajstić information content (AvgIpc) is 2.28. The molecule has 3 N–H and O–H groups in total. The molecule has 86 valence electrons. The maximum absolute atomic E-state index is 11.2. The summed E-state index contributed by atoms with van der Waals surface area (Å²) in [4.78, 5) is 11.5. The molecule has 0 saturated carbocycles. The van der Waals surface area contributed by atoms with Gasteiger partial charge in [-0.25, -0.2) is 4.79 Å². The molecular weight excluding hydrogens is 224 g/mol. The van der Waals surface area contributed by atoms with Gasteiger partial charge in [0.2, 0.25) is 0 Å². The number of ether oxygens (including phenoxy) is 1. The molecule has 0 aliphatic rings. The number of nitrogens with two attached hydrogens (primary N) is 1. The molecule has 1 unspecified atom stereocenters. The molecule has 0 amide bonds. The van der Waals surface area contributed by atoms with Crippen molar-refractivity contribution in [3.8, 4) is 0 Å². The molecule has 0 spiro atoms. The number of rotatable bonds is 4. The van der Waals surface area contributed by atoms with Gasteiger partial charge in [0, 0.05) is 11.3 Å². The highest BCUT2D eigenvalue weighted by Crippen LogP contribution is 2.11. The van der Waals surface area contributed by atoms with Crippen LogP contribution in [0.15, 0.2) is 24.3 Å². The van der Waals surface area contributed by atoms with Crippen LogP contribution in [0.2, 0.25) is 0 Å². The lowest BCUT2D eigenvalue weighted by Crippen LogP contribution is -2.27. The number of nitrogens with one attached hydrogen (secondary N) is 1. The Kier molecular flexibility index (Phi) is 4.25. The summed E-state index contributed by atoms with van der Waals surface area (Å²) in [6, 6.07) is 6.84. The zero-order chi connectivity index (χ0) is 12.1. The van der Waals surface area contributed by atoms with Crippen molar-refractivity contribution in [2.45, 2.75) is 13.0 Å². The number of hydrogen-bond donors (Lipinski definition) is 2. The average molecular weight is 238 g/mol. The van der Waals surface area contributed by atoms with Gasteiger partial charge < -0.3 is 15.8 Å². The van der Waals surface area contributed by atoms with Gasteiger partial charge in [0.05, 0.1) is 7.11 Å². The minimum Gasteiger partial charge on any atom is -0.467 e. The summed E-state index contributed by atoms with van der Waals surface area (Å²) in [5.74, 6) is -0.307. The van der Waals surface area contributed by atoms with Crippen molar-refractivity contribution < 1.29 is 9.53 Å². The van der Waals surface area contributed by atoms with Crippen molar-refractivity contribution in [3.05, 3.63) is 29.8 Å². The Labute approximate surface area is 99.8 Å². The van der Waals surface area contributed by atoms with E-state index < -0.39 is 0 Å². The Hall–Kier alpha value is -1.62. The summed E-state index contributed by atoms with van der Waals surface area (Å²) in [6.07, 6.45) is 0. The lowest BCUT2D eigenvalue weighted by Gasteiger charge is -2.12. The highest BCUT2D eigenvalue weighted by atomic mass is 32.1. The highest BCUT2D eigenvalue weighted by Gasteiger charge is 2.11. The molecule has 0 fully saturated rings. The molecule has 5 heteroatoms. The van der Waals surface area contributed by atoms with Gasteiger partial charge in [-0.05, 0) is 31.2 Å². The second kappa shape index (κ2) is 5.46. The zero-order valence-electron chi connectivity index (χ0n) is 9.19. The first-order valence-electron chi connectivity index (χ1n) is 4.79. The van der Waals surface area contributed by atoms with E-state index in [9.17, 15) is 4.79 Å². The van der Waals surface area contributed by atoms with E-state index in [4.69, 9.17) is 18.0 Å². The normalized spacial score (nSPS) is 11.6. The number of carbonyl (C=O) groups excluding carboxylic acids is 1. The van der Waals surface area contributed by atoms with Crippen molar-refractivity contribution >= 4 is 28.9 Å². The molecule has 0 aliphatic carbocycles. The minimum absolute atomic E-state index is 0.307. The van der Waals surface area contributed by atoms with Gasteiger partial charge in [0.25, 0.3) is 0 Å². The van der Waals surface area contributed by atoms with Gasteiger partial charge in [-0.1, -0.05) is 12.2 Å². The summed E-state index contributed by atoms with van der Waals surface area (Å²) in [6.45, 7) is 1.73. The fraction of sp³-hybridized carbons (Fsp3) is 0.273. The van der Waals surface area contributed by atoms with E-state index in [-0.39, 0.29) is 12.0 Å². The predicted molar refractivity (Wildman–Crippen MR) is 67.4 cm³/mol. The van der Waals surface area contributed by atoms with Crippen LogP contribution in [0.1, 0.15) is 12.5 Å². The third kappa shape index (κ3) is 3.20. The number of hydrogen-bond acceptors (Lipinski definition) is 4. The van der Waals surface area contributed by atoms with Crippen LogP contribution in [-0.2, 0) is 9.53 Å². The number of methoxy groups -OCH3 is 1. The zero-order valence-corrected chi connectivity index (χ0v) is 10.0. The van der Waals surface area contributed by atoms with Gasteiger partial charge in [0.15, 0.2) is 0 Å². The molecule has 1 aromatic rings. The summed E-state index contributed by atoms with van der Waals surface area (Å²) >= 11 is 4.84. The lowest BCUT2D eigenvalue weighted by molar-refractivity contribution is -0.141.